The highest BCUT2D eigenvalue weighted by atomic mass is 35.5. The minimum atomic E-state index is -0.0953. The third kappa shape index (κ3) is 1.99. The number of hydrogen-bond donors (Lipinski definition) is 1. The molecular weight excluding hydrogens is 262 g/mol. The van der Waals surface area contributed by atoms with Crippen LogP contribution in [0.3, 0.4) is 0 Å². The first-order valence-electron chi connectivity index (χ1n) is 6.27. The van der Waals surface area contributed by atoms with Crippen LogP contribution in [-0.4, -0.2) is 0 Å². The first-order chi connectivity index (χ1) is 8.66. The fourth-order valence-corrected chi connectivity index (χ4v) is 3.94. The molecule has 3 rings (SSSR count). The minimum absolute atomic E-state index is 0.0953. The summed E-state index contributed by atoms with van der Waals surface area (Å²) in [6, 6.07) is 6.55. The molecule has 94 valence electrons. The van der Waals surface area contributed by atoms with Gasteiger partial charge in [-0.25, -0.2) is 0 Å². The van der Waals surface area contributed by atoms with Gasteiger partial charge in [0.05, 0.1) is 11.1 Å². The molecule has 0 saturated carbocycles. The Kier molecular flexibility index (Phi) is 3.18. The Balaban J connectivity index is 1.97. The van der Waals surface area contributed by atoms with E-state index in [0.717, 1.165) is 15.5 Å². The van der Waals surface area contributed by atoms with Crippen LogP contribution in [0.5, 0.6) is 0 Å². The maximum Gasteiger partial charge on any atom is 0.0661 e. The van der Waals surface area contributed by atoms with E-state index in [4.69, 9.17) is 17.3 Å². The lowest BCUT2D eigenvalue weighted by atomic mass is 10.0. The van der Waals surface area contributed by atoms with Gasteiger partial charge in [0.25, 0.3) is 0 Å². The summed E-state index contributed by atoms with van der Waals surface area (Å²) in [5.41, 5.74) is 11.6. The summed E-state index contributed by atoms with van der Waals surface area (Å²) in [7, 11) is 0. The average Bonchev–Trinajstić information content (AvgIpc) is 2.96. The predicted octanol–water partition coefficient (Wildman–Crippen LogP) is 4.25. The lowest BCUT2D eigenvalue weighted by molar-refractivity contribution is 0.886. The smallest absolute Gasteiger partial charge is 0.0661 e. The first kappa shape index (κ1) is 12.2. The highest BCUT2D eigenvalue weighted by Gasteiger charge is 2.18. The molecule has 1 unspecified atom stereocenters. The molecule has 0 saturated heterocycles. The number of fused-ring (bicyclic) bond motifs is 1. The second kappa shape index (κ2) is 4.69. The summed E-state index contributed by atoms with van der Waals surface area (Å²) >= 11 is 7.96. The monoisotopic (exact) mass is 277 g/mol. The van der Waals surface area contributed by atoms with Crippen LogP contribution in [0.25, 0.3) is 0 Å². The summed E-state index contributed by atoms with van der Waals surface area (Å²) < 4.78 is 0. The van der Waals surface area contributed by atoms with Crippen molar-refractivity contribution in [3.63, 3.8) is 0 Å². The lowest BCUT2D eigenvalue weighted by Crippen LogP contribution is -2.11. The van der Waals surface area contributed by atoms with E-state index in [0.29, 0.717) is 0 Å². The van der Waals surface area contributed by atoms with Crippen LogP contribution in [0.15, 0.2) is 23.6 Å². The molecule has 3 heteroatoms. The van der Waals surface area contributed by atoms with E-state index in [1.807, 2.05) is 6.92 Å². The zero-order chi connectivity index (χ0) is 12.7. The highest BCUT2D eigenvalue weighted by Crippen LogP contribution is 2.35. The number of benzene rings is 1. The van der Waals surface area contributed by atoms with Crippen LogP contribution < -0.4 is 5.73 Å². The zero-order valence-corrected chi connectivity index (χ0v) is 11.9. The van der Waals surface area contributed by atoms with Crippen molar-refractivity contribution in [2.75, 3.05) is 0 Å². The molecule has 0 amide bonds. The van der Waals surface area contributed by atoms with Crippen molar-refractivity contribution in [1.29, 1.82) is 0 Å². The highest BCUT2D eigenvalue weighted by molar-refractivity contribution is 7.10. The zero-order valence-electron chi connectivity index (χ0n) is 10.4. The van der Waals surface area contributed by atoms with Crippen molar-refractivity contribution in [2.24, 2.45) is 5.73 Å². The molecule has 1 nitrogen and oxygen atoms in total. The van der Waals surface area contributed by atoms with Gasteiger partial charge in [0.15, 0.2) is 0 Å². The van der Waals surface area contributed by atoms with E-state index >= 15 is 0 Å². The molecule has 0 bridgehead atoms. The molecular formula is C15H16ClNS. The van der Waals surface area contributed by atoms with Crippen LogP contribution in [-0.2, 0) is 12.8 Å². The Bertz CT molecular complexity index is 588. The molecule has 0 spiro atoms. The average molecular weight is 278 g/mol. The van der Waals surface area contributed by atoms with E-state index in [1.165, 1.54) is 36.0 Å². The fraction of sp³-hybridized carbons (Fsp3) is 0.333. The van der Waals surface area contributed by atoms with Crippen molar-refractivity contribution in [1.82, 2.24) is 0 Å². The van der Waals surface area contributed by atoms with Crippen molar-refractivity contribution < 1.29 is 0 Å². The Morgan fingerprint density at radius 2 is 2.06 bits per heavy atom. The van der Waals surface area contributed by atoms with Gasteiger partial charge in [-0.2, -0.15) is 0 Å². The molecule has 1 aromatic carbocycles. The van der Waals surface area contributed by atoms with Gasteiger partial charge in [-0.3, -0.25) is 0 Å². The van der Waals surface area contributed by atoms with E-state index in [9.17, 15) is 0 Å². The summed E-state index contributed by atoms with van der Waals surface area (Å²) in [5.74, 6) is 0. The van der Waals surface area contributed by atoms with E-state index in [1.54, 1.807) is 11.3 Å². The summed E-state index contributed by atoms with van der Waals surface area (Å²) in [4.78, 5) is 1.08. The molecule has 2 aromatic rings. The third-order valence-corrected chi connectivity index (χ3v) is 5.49. The molecule has 0 aliphatic heterocycles. The first-order valence-corrected chi connectivity index (χ1v) is 7.53. The SMILES string of the molecule is Cc1csc(C(N)c2ccc3c(c2)CCC3)c1Cl. The molecule has 18 heavy (non-hydrogen) atoms. The largest absolute Gasteiger partial charge is 0.320 e. The standard InChI is InChI=1S/C15H16ClNS/c1-9-8-18-15(13(9)16)14(17)12-6-5-10-3-2-4-11(10)7-12/h5-8,14H,2-4,17H2,1H3. The predicted molar refractivity (Wildman–Crippen MR) is 78.6 cm³/mol. The Morgan fingerprint density at radius 3 is 2.78 bits per heavy atom. The molecule has 1 aromatic heterocycles. The Morgan fingerprint density at radius 1 is 1.28 bits per heavy atom. The number of thiophene rings is 1. The minimum Gasteiger partial charge on any atom is -0.320 e. The summed E-state index contributed by atoms with van der Waals surface area (Å²) in [6.07, 6.45) is 3.67. The second-order valence-corrected chi connectivity index (χ2v) is 6.25. The Labute approximate surface area is 117 Å². The maximum atomic E-state index is 6.35. The number of rotatable bonds is 2. The third-order valence-electron chi connectivity index (χ3n) is 3.69. The van der Waals surface area contributed by atoms with Crippen molar-refractivity contribution in [2.45, 2.75) is 32.2 Å². The van der Waals surface area contributed by atoms with E-state index in [2.05, 4.69) is 23.6 Å². The number of aryl methyl sites for hydroxylation is 3. The van der Waals surface area contributed by atoms with Gasteiger partial charge in [-0.05, 0) is 53.8 Å². The number of halogens is 1. The Hall–Kier alpha value is -0.830. The van der Waals surface area contributed by atoms with Crippen LogP contribution in [0.2, 0.25) is 5.02 Å². The maximum absolute atomic E-state index is 6.35. The van der Waals surface area contributed by atoms with E-state index in [-0.39, 0.29) is 6.04 Å². The van der Waals surface area contributed by atoms with Crippen molar-refractivity contribution in [3.8, 4) is 0 Å². The van der Waals surface area contributed by atoms with Crippen LogP contribution in [0.4, 0.5) is 0 Å². The fourth-order valence-electron chi connectivity index (χ4n) is 2.60. The molecule has 0 fully saturated rings. The molecule has 1 heterocycles. The van der Waals surface area contributed by atoms with Crippen LogP contribution in [0.1, 0.15) is 39.6 Å². The van der Waals surface area contributed by atoms with Gasteiger partial charge in [0.1, 0.15) is 0 Å². The van der Waals surface area contributed by atoms with Crippen molar-refractivity contribution in [3.05, 3.63) is 55.7 Å². The molecule has 1 aliphatic carbocycles. The normalized spacial score (nSPS) is 15.7. The van der Waals surface area contributed by atoms with Crippen LogP contribution in [0, 0.1) is 6.92 Å². The van der Waals surface area contributed by atoms with Gasteiger partial charge < -0.3 is 5.73 Å². The molecule has 2 N–H and O–H groups in total. The van der Waals surface area contributed by atoms with Gasteiger partial charge in [0.2, 0.25) is 0 Å². The molecule has 0 radical (unpaired) electrons. The molecule has 1 atom stereocenters. The van der Waals surface area contributed by atoms with Gasteiger partial charge in [0, 0.05) is 4.88 Å². The number of nitrogens with two attached hydrogens (primary N) is 1. The summed E-state index contributed by atoms with van der Waals surface area (Å²) in [6.45, 7) is 2.03. The quantitative estimate of drug-likeness (QED) is 0.873. The van der Waals surface area contributed by atoms with Gasteiger partial charge >= 0.3 is 0 Å². The van der Waals surface area contributed by atoms with Crippen LogP contribution >= 0.6 is 22.9 Å². The van der Waals surface area contributed by atoms with Gasteiger partial charge in [-0.15, -0.1) is 11.3 Å². The lowest BCUT2D eigenvalue weighted by Gasteiger charge is -2.13. The number of hydrogen-bond acceptors (Lipinski definition) is 2. The van der Waals surface area contributed by atoms with E-state index < -0.39 is 0 Å². The van der Waals surface area contributed by atoms with Gasteiger partial charge in [-0.1, -0.05) is 29.8 Å². The topological polar surface area (TPSA) is 26.0 Å². The van der Waals surface area contributed by atoms with Crippen molar-refractivity contribution >= 4 is 22.9 Å². The summed E-state index contributed by atoms with van der Waals surface area (Å²) in [5, 5.41) is 2.90. The molecule has 1 aliphatic rings. The second-order valence-electron chi connectivity index (χ2n) is 4.96.